The molecule has 1 heterocycles. The summed E-state index contributed by atoms with van der Waals surface area (Å²) in [5, 5.41) is 2.67. The van der Waals surface area contributed by atoms with Gasteiger partial charge in [0.05, 0.1) is 12.9 Å². The van der Waals surface area contributed by atoms with E-state index in [9.17, 15) is 9.59 Å². The number of esters is 1. The number of ether oxygens (including phenoxy) is 1. The van der Waals surface area contributed by atoms with Crippen LogP contribution in [0.15, 0.2) is 22.8 Å². The molecule has 0 aliphatic heterocycles. The first-order valence-corrected chi connectivity index (χ1v) is 6.21. The van der Waals surface area contributed by atoms with Gasteiger partial charge in [0, 0.05) is 13.0 Å². The van der Waals surface area contributed by atoms with Crippen molar-refractivity contribution < 1.29 is 18.7 Å². The number of hydrogen-bond acceptors (Lipinski definition) is 4. The lowest BCUT2D eigenvalue weighted by Crippen LogP contribution is -2.24. The van der Waals surface area contributed by atoms with E-state index in [0.29, 0.717) is 26.0 Å². The molecule has 1 aromatic heterocycles. The van der Waals surface area contributed by atoms with E-state index in [1.54, 1.807) is 12.1 Å². The smallest absolute Gasteiger partial charge is 0.305 e. The molecule has 0 aliphatic carbocycles. The molecule has 0 aliphatic rings. The van der Waals surface area contributed by atoms with Crippen molar-refractivity contribution in [1.82, 2.24) is 5.32 Å². The first kappa shape index (κ1) is 14.3. The lowest BCUT2D eigenvalue weighted by molar-refractivity contribution is -0.143. The summed E-state index contributed by atoms with van der Waals surface area (Å²) in [7, 11) is 0. The molecule has 0 radical (unpaired) electrons. The predicted molar refractivity (Wildman–Crippen MR) is 66.1 cm³/mol. The van der Waals surface area contributed by atoms with Crippen molar-refractivity contribution >= 4 is 11.9 Å². The Hall–Kier alpha value is -1.78. The molecule has 0 atom stereocenters. The van der Waals surface area contributed by atoms with Crippen molar-refractivity contribution in [2.24, 2.45) is 0 Å². The molecule has 18 heavy (non-hydrogen) atoms. The van der Waals surface area contributed by atoms with Gasteiger partial charge in [0.1, 0.15) is 0 Å². The van der Waals surface area contributed by atoms with E-state index in [2.05, 4.69) is 5.32 Å². The van der Waals surface area contributed by atoms with Gasteiger partial charge in [-0.05, 0) is 25.0 Å². The molecule has 5 nitrogen and oxygen atoms in total. The Labute approximate surface area is 106 Å². The van der Waals surface area contributed by atoms with Crippen LogP contribution in [0.25, 0.3) is 0 Å². The van der Waals surface area contributed by atoms with Gasteiger partial charge in [-0.25, -0.2) is 0 Å². The van der Waals surface area contributed by atoms with Crippen molar-refractivity contribution in [3.63, 3.8) is 0 Å². The maximum absolute atomic E-state index is 11.4. The van der Waals surface area contributed by atoms with Crippen LogP contribution >= 0.6 is 0 Å². The number of rotatable bonds is 8. The van der Waals surface area contributed by atoms with Gasteiger partial charge < -0.3 is 14.5 Å². The van der Waals surface area contributed by atoms with E-state index in [4.69, 9.17) is 9.15 Å². The molecule has 0 saturated heterocycles. The largest absolute Gasteiger partial charge is 0.466 e. The number of amides is 1. The van der Waals surface area contributed by atoms with Gasteiger partial charge in [0.15, 0.2) is 5.76 Å². The topological polar surface area (TPSA) is 68.5 Å². The van der Waals surface area contributed by atoms with Gasteiger partial charge in [-0.2, -0.15) is 0 Å². The van der Waals surface area contributed by atoms with E-state index in [0.717, 1.165) is 12.8 Å². The molecular formula is C13H19NO4. The molecule has 1 rings (SSSR count). The molecule has 1 aromatic rings. The SMILES string of the molecule is CCCCOC(=O)CCCNC(=O)c1ccco1. The fourth-order valence-corrected chi connectivity index (χ4v) is 1.33. The highest BCUT2D eigenvalue weighted by Gasteiger charge is 2.07. The Morgan fingerprint density at radius 1 is 1.39 bits per heavy atom. The summed E-state index contributed by atoms with van der Waals surface area (Å²) in [5.74, 6) is -0.199. The maximum atomic E-state index is 11.4. The van der Waals surface area contributed by atoms with Crippen molar-refractivity contribution in [2.45, 2.75) is 32.6 Å². The van der Waals surface area contributed by atoms with Crippen LogP contribution in [0.2, 0.25) is 0 Å². The zero-order valence-corrected chi connectivity index (χ0v) is 10.6. The molecule has 0 unspecified atom stereocenters. The Morgan fingerprint density at radius 3 is 2.89 bits per heavy atom. The summed E-state index contributed by atoms with van der Waals surface area (Å²) < 4.78 is 9.93. The number of carbonyl (C=O) groups is 2. The molecule has 5 heteroatoms. The van der Waals surface area contributed by atoms with Crippen LogP contribution in [0, 0.1) is 0 Å². The summed E-state index contributed by atoms with van der Waals surface area (Å²) in [4.78, 5) is 22.7. The highest BCUT2D eigenvalue weighted by Crippen LogP contribution is 2.00. The highest BCUT2D eigenvalue weighted by atomic mass is 16.5. The standard InChI is InChI=1S/C13H19NO4/c1-2-3-9-18-12(15)7-4-8-14-13(16)11-6-5-10-17-11/h5-6,10H,2-4,7-9H2,1H3,(H,14,16). The minimum absolute atomic E-state index is 0.212. The van der Waals surface area contributed by atoms with Crippen molar-refractivity contribution in [1.29, 1.82) is 0 Å². The minimum atomic E-state index is -0.264. The molecule has 0 aromatic carbocycles. The van der Waals surface area contributed by atoms with Crippen molar-refractivity contribution in [2.75, 3.05) is 13.2 Å². The molecule has 1 amide bonds. The molecule has 0 spiro atoms. The van der Waals surface area contributed by atoms with Crippen LogP contribution in [0.4, 0.5) is 0 Å². The summed E-state index contributed by atoms with van der Waals surface area (Å²) in [6, 6.07) is 3.24. The Bertz CT molecular complexity index is 359. The number of carbonyl (C=O) groups excluding carboxylic acids is 2. The van der Waals surface area contributed by atoms with Crippen LogP contribution in [0.5, 0.6) is 0 Å². The quantitative estimate of drug-likeness (QED) is 0.569. The summed E-state index contributed by atoms with van der Waals surface area (Å²) >= 11 is 0. The average molecular weight is 253 g/mol. The van der Waals surface area contributed by atoms with Gasteiger partial charge >= 0.3 is 5.97 Å². The maximum Gasteiger partial charge on any atom is 0.305 e. The second-order valence-electron chi connectivity index (χ2n) is 3.91. The number of nitrogens with one attached hydrogen (secondary N) is 1. The lowest BCUT2D eigenvalue weighted by Gasteiger charge is -2.04. The minimum Gasteiger partial charge on any atom is -0.466 e. The average Bonchev–Trinajstić information content (AvgIpc) is 2.88. The summed E-state index contributed by atoms with van der Waals surface area (Å²) in [6.07, 6.45) is 4.23. The van der Waals surface area contributed by atoms with Crippen LogP contribution in [0.3, 0.4) is 0 Å². The number of unbranched alkanes of at least 4 members (excludes halogenated alkanes) is 1. The van der Waals surface area contributed by atoms with E-state index in [1.807, 2.05) is 6.92 Å². The van der Waals surface area contributed by atoms with Crippen LogP contribution in [-0.4, -0.2) is 25.0 Å². The van der Waals surface area contributed by atoms with E-state index < -0.39 is 0 Å². The molecular weight excluding hydrogens is 234 g/mol. The van der Waals surface area contributed by atoms with Crippen molar-refractivity contribution in [3.8, 4) is 0 Å². The van der Waals surface area contributed by atoms with Crippen molar-refractivity contribution in [3.05, 3.63) is 24.2 Å². The lowest BCUT2D eigenvalue weighted by atomic mass is 10.3. The van der Waals surface area contributed by atoms with E-state index in [-0.39, 0.29) is 17.6 Å². The van der Waals surface area contributed by atoms with Gasteiger partial charge in [0.25, 0.3) is 5.91 Å². The first-order valence-electron chi connectivity index (χ1n) is 6.21. The molecule has 100 valence electrons. The fraction of sp³-hybridized carbons (Fsp3) is 0.538. The Kier molecular flexibility index (Phi) is 6.61. The van der Waals surface area contributed by atoms with E-state index >= 15 is 0 Å². The Morgan fingerprint density at radius 2 is 2.22 bits per heavy atom. The van der Waals surface area contributed by atoms with Gasteiger partial charge in [-0.15, -0.1) is 0 Å². The molecule has 0 fully saturated rings. The number of hydrogen-bond donors (Lipinski definition) is 1. The monoisotopic (exact) mass is 253 g/mol. The molecule has 0 bridgehead atoms. The highest BCUT2D eigenvalue weighted by molar-refractivity contribution is 5.91. The normalized spacial score (nSPS) is 10.1. The third-order valence-electron chi connectivity index (χ3n) is 2.35. The predicted octanol–water partition coefficient (Wildman–Crippen LogP) is 2.13. The van der Waals surface area contributed by atoms with Crippen LogP contribution in [0.1, 0.15) is 43.2 Å². The van der Waals surface area contributed by atoms with E-state index in [1.165, 1.54) is 6.26 Å². The van der Waals surface area contributed by atoms with Gasteiger partial charge in [-0.1, -0.05) is 13.3 Å². The van der Waals surface area contributed by atoms with Crippen LogP contribution in [-0.2, 0) is 9.53 Å². The zero-order chi connectivity index (χ0) is 13.2. The van der Waals surface area contributed by atoms with Gasteiger partial charge in [0.2, 0.25) is 0 Å². The molecule has 0 saturated carbocycles. The third kappa shape index (κ3) is 5.52. The fourth-order valence-electron chi connectivity index (χ4n) is 1.33. The second-order valence-corrected chi connectivity index (χ2v) is 3.91. The number of furan rings is 1. The first-order chi connectivity index (χ1) is 8.74. The summed E-state index contributed by atoms with van der Waals surface area (Å²) in [5.41, 5.74) is 0. The second kappa shape index (κ2) is 8.33. The summed E-state index contributed by atoms with van der Waals surface area (Å²) in [6.45, 7) is 2.95. The molecule has 1 N–H and O–H groups in total. The zero-order valence-electron chi connectivity index (χ0n) is 10.6. The Balaban J connectivity index is 2.04. The third-order valence-corrected chi connectivity index (χ3v) is 2.35. The van der Waals surface area contributed by atoms with Crippen LogP contribution < -0.4 is 5.32 Å². The van der Waals surface area contributed by atoms with Gasteiger partial charge in [-0.3, -0.25) is 9.59 Å².